The molecule has 0 aromatic heterocycles. The van der Waals surface area contributed by atoms with Crippen LogP contribution in [-0.4, -0.2) is 43.5 Å². The molecule has 3 heteroatoms. The first-order valence-corrected chi connectivity index (χ1v) is 8.24. The summed E-state index contributed by atoms with van der Waals surface area (Å²) in [7, 11) is 0. The van der Waals surface area contributed by atoms with Gasteiger partial charge in [0.25, 0.3) is 0 Å². The summed E-state index contributed by atoms with van der Waals surface area (Å²) in [5.74, 6) is 0.426. The number of nitrogens with zero attached hydrogens (tertiary/aromatic N) is 1. The van der Waals surface area contributed by atoms with E-state index >= 15 is 0 Å². The van der Waals surface area contributed by atoms with Gasteiger partial charge in [-0.2, -0.15) is 0 Å². The summed E-state index contributed by atoms with van der Waals surface area (Å²) in [5.41, 5.74) is 2.41. The van der Waals surface area contributed by atoms with E-state index in [9.17, 15) is 4.79 Å². The van der Waals surface area contributed by atoms with Crippen LogP contribution < -0.4 is 0 Å². The van der Waals surface area contributed by atoms with Gasteiger partial charge >= 0.3 is 0 Å². The molecule has 0 aliphatic carbocycles. The van der Waals surface area contributed by atoms with Crippen LogP contribution >= 0.6 is 0 Å². The first-order valence-electron chi connectivity index (χ1n) is 8.24. The highest BCUT2D eigenvalue weighted by Crippen LogP contribution is 2.28. The number of hydrogen-bond donors (Lipinski definition) is 0. The van der Waals surface area contributed by atoms with Crippen molar-refractivity contribution in [3.05, 3.63) is 71.8 Å². The molecule has 1 aliphatic rings. The Morgan fingerprint density at radius 3 is 1.96 bits per heavy atom. The first-order chi connectivity index (χ1) is 11.3. The predicted octanol–water partition coefficient (Wildman–Crippen LogP) is 3.11. The van der Waals surface area contributed by atoms with E-state index in [1.54, 1.807) is 0 Å². The quantitative estimate of drug-likeness (QED) is 0.821. The van der Waals surface area contributed by atoms with E-state index in [4.69, 9.17) is 4.74 Å². The number of rotatable bonds is 6. The van der Waals surface area contributed by atoms with E-state index in [1.807, 2.05) is 36.4 Å². The van der Waals surface area contributed by atoms with Crippen molar-refractivity contribution < 1.29 is 9.53 Å². The first kappa shape index (κ1) is 15.9. The predicted molar refractivity (Wildman–Crippen MR) is 91.6 cm³/mol. The molecule has 2 aromatic rings. The smallest absolute Gasteiger partial charge is 0.147 e. The molecule has 1 saturated heterocycles. The Bertz CT molecular complexity index is 567. The highest BCUT2D eigenvalue weighted by atomic mass is 16.5. The highest BCUT2D eigenvalue weighted by Gasteiger charge is 2.20. The van der Waals surface area contributed by atoms with E-state index in [2.05, 4.69) is 29.2 Å². The molecule has 3 rings (SSSR count). The van der Waals surface area contributed by atoms with Crippen LogP contribution in [0.25, 0.3) is 0 Å². The standard InChI is InChI=1S/C20H23NO2/c22-19(16-21-11-13-23-14-12-21)15-20(17-7-3-1-4-8-17)18-9-5-2-6-10-18/h1-10,20H,11-16H2. The Hall–Kier alpha value is -1.97. The Kier molecular flexibility index (Phi) is 5.56. The molecule has 0 radical (unpaired) electrons. The van der Waals surface area contributed by atoms with Crippen LogP contribution in [-0.2, 0) is 9.53 Å². The highest BCUT2D eigenvalue weighted by molar-refractivity contribution is 5.81. The van der Waals surface area contributed by atoms with Crippen LogP contribution in [0.4, 0.5) is 0 Å². The molecule has 0 unspecified atom stereocenters. The summed E-state index contributed by atoms with van der Waals surface area (Å²) >= 11 is 0. The van der Waals surface area contributed by atoms with Gasteiger partial charge in [0, 0.05) is 25.4 Å². The fourth-order valence-electron chi connectivity index (χ4n) is 3.10. The maximum atomic E-state index is 12.6. The summed E-state index contributed by atoms with van der Waals surface area (Å²) in [5, 5.41) is 0. The van der Waals surface area contributed by atoms with E-state index in [0.29, 0.717) is 18.7 Å². The molecule has 0 spiro atoms. The van der Waals surface area contributed by atoms with Crippen LogP contribution in [0.1, 0.15) is 23.5 Å². The minimum atomic E-state index is 0.131. The number of benzene rings is 2. The minimum Gasteiger partial charge on any atom is -0.379 e. The van der Waals surface area contributed by atoms with Crippen molar-refractivity contribution in [2.45, 2.75) is 12.3 Å². The number of morpholine rings is 1. The molecule has 1 fully saturated rings. The maximum Gasteiger partial charge on any atom is 0.147 e. The summed E-state index contributed by atoms with van der Waals surface area (Å²) < 4.78 is 5.35. The summed E-state index contributed by atoms with van der Waals surface area (Å²) in [6.45, 7) is 3.70. The summed E-state index contributed by atoms with van der Waals surface area (Å²) in [4.78, 5) is 14.8. The van der Waals surface area contributed by atoms with Gasteiger partial charge in [-0.25, -0.2) is 0 Å². The third kappa shape index (κ3) is 4.50. The fraction of sp³-hybridized carbons (Fsp3) is 0.350. The van der Waals surface area contributed by atoms with Gasteiger partial charge in [-0.05, 0) is 11.1 Å². The zero-order chi connectivity index (χ0) is 15.9. The number of carbonyl (C=O) groups is 1. The normalized spacial score (nSPS) is 15.7. The molecule has 23 heavy (non-hydrogen) atoms. The SMILES string of the molecule is O=C(CC(c1ccccc1)c1ccccc1)CN1CCOCC1. The largest absolute Gasteiger partial charge is 0.379 e. The van der Waals surface area contributed by atoms with Crippen molar-refractivity contribution in [3.63, 3.8) is 0 Å². The molecule has 1 aliphatic heterocycles. The van der Waals surface area contributed by atoms with Crippen LogP contribution in [0.5, 0.6) is 0 Å². The van der Waals surface area contributed by atoms with Gasteiger partial charge in [-0.3, -0.25) is 9.69 Å². The zero-order valence-electron chi connectivity index (χ0n) is 13.4. The van der Waals surface area contributed by atoms with Gasteiger partial charge in [-0.1, -0.05) is 60.7 Å². The van der Waals surface area contributed by atoms with Gasteiger partial charge in [0.05, 0.1) is 19.8 Å². The van der Waals surface area contributed by atoms with Gasteiger partial charge < -0.3 is 4.74 Å². The second-order valence-electron chi connectivity index (χ2n) is 6.01. The second kappa shape index (κ2) is 8.04. The van der Waals surface area contributed by atoms with E-state index in [1.165, 1.54) is 11.1 Å². The lowest BCUT2D eigenvalue weighted by molar-refractivity contribution is -0.121. The molecule has 2 aromatic carbocycles. The van der Waals surface area contributed by atoms with Crippen molar-refractivity contribution in [3.8, 4) is 0 Å². The van der Waals surface area contributed by atoms with Crippen molar-refractivity contribution in [1.82, 2.24) is 4.90 Å². The molecule has 120 valence electrons. The Morgan fingerprint density at radius 2 is 1.43 bits per heavy atom. The number of Topliss-reactive ketones (excluding diaryl/α,β-unsaturated/α-hetero) is 1. The minimum absolute atomic E-state index is 0.131. The number of ether oxygens (including phenoxy) is 1. The molecule has 0 N–H and O–H groups in total. The molecule has 0 saturated carbocycles. The molecule has 0 amide bonds. The topological polar surface area (TPSA) is 29.5 Å². The van der Waals surface area contributed by atoms with E-state index < -0.39 is 0 Å². The molecule has 3 nitrogen and oxygen atoms in total. The van der Waals surface area contributed by atoms with Crippen LogP contribution in [0.3, 0.4) is 0 Å². The summed E-state index contributed by atoms with van der Waals surface area (Å²) in [6, 6.07) is 20.6. The van der Waals surface area contributed by atoms with Gasteiger partial charge in [0.1, 0.15) is 5.78 Å². The lowest BCUT2D eigenvalue weighted by Gasteiger charge is -2.26. The van der Waals surface area contributed by atoms with Gasteiger partial charge in [0.15, 0.2) is 0 Å². The third-order valence-corrected chi connectivity index (χ3v) is 4.34. The molecule has 1 heterocycles. The summed E-state index contributed by atoms with van der Waals surface area (Å²) in [6.07, 6.45) is 0.547. The average Bonchev–Trinajstić information content (AvgIpc) is 2.62. The van der Waals surface area contributed by atoms with Crippen LogP contribution in [0, 0.1) is 0 Å². The van der Waals surface area contributed by atoms with Crippen LogP contribution in [0.15, 0.2) is 60.7 Å². The van der Waals surface area contributed by atoms with Crippen molar-refractivity contribution in [1.29, 1.82) is 0 Å². The number of carbonyl (C=O) groups excluding carboxylic acids is 1. The number of ketones is 1. The molecule has 0 atom stereocenters. The van der Waals surface area contributed by atoms with E-state index in [-0.39, 0.29) is 5.92 Å². The number of hydrogen-bond acceptors (Lipinski definition) is 3. The van der Waals surface area contributed by atoms with Gasteiger partial charge in [-0.15, -0.1) is 0 Å². The monoisotopic (exact) mass is 309 g/mol. The van der Waals surface area contributed by atoms with Crippen molar-refractivity contribution in [2.75, 3.05) is 32.8 Å². The van der Waals surface area contributed by atoms with Crippen molar-refractivity contribution in [2.24, 2.45) is 0 Å². The van der Waals surface area contributed by atoms with Gasteiger partial charge in [0.2, 0.25) is 0 Å². The molecular formula is C20H23NO2. The van der Waals surface area contributed by atoms with E-state index in [0.717, 1.165) is 26.3 Å². The molecular weight excluding hydrogens is 286 g/mol. The Labute approximate surface area is 137 Å². The Balaban J connectivity index is 1.72. The lowest BCUT2D eigenvalue weighted by Crippen LogP contribution is -2.39. The fourth-order valence-corrected chi connectivity index (χ4v) is 3.10. The maximum absolute atomic E-state index is 12.6. The molecule has 0 bridgehead atoms. The average molecular weight is 309 g/mol. The van der Waals surface area contributed by atoms with Crippen LogP contribution in [0.2, 0.25) is 0 Å². The second-order valence-corrected chi connectivity index (χ2v) is 6.01. The van der Waals surface area contributed by atoms with Crippen molar-refractivity contribution >= 4 is 5.78 Å². The lowest BCUT2D eigenvalue weighted by atomic mass is 9.87. The third-order valence-electron chi connectivity index (χ3n) is 4.34. The Morgan fingerprint density at radius 1 is 0.913 bits per heavy atom. The zero-order valence-corrected chi connectivity index (χ0v) is 13.4.